The number of para-hydroxylation sites is 1. The van der Waals surface area contributed by atoms with E-state index in [0.717, 1.165) is 33.8 Å². The van der Waals surface area contributed by atoms with Crippen LogP contribution in [0.1, 0.15) is 60.7 Å². The Hall–Kier alpha value is -3.65. The molecule has 3 aromatic carbocycles. The van der Waals surface area contributed by atoms with Gasteiger partial charge in [0, 0.05) is 12.6 Å². The molecule has 0 aromatic heterocycles. The number of rotatable bonds is 9. The fourth-order valence-electron chi connectivity index (χ4n) is 4.48. The lowest BCUT2D eigenvalue weighted by molar-refractivity contribution is -0.130. The highest BCUT2D eigenvalue weighted by Crippen LogP contribution is 2.32. The highest BCUT2D eigenvalue weighted by molar-refractivity contribution is 7.92. The Bertz CT molecular complexity index is 1440. The molecule has 0 unspecified atom stereocenters. The van der Waals surface area contributed by atoms with E-state index >= 15 is 0 Å². The first-order chi connectivity index (χ1) is 17.9. The normalized spacial score (nSPS) is 13.7. The minimum Gasteiger partial charge on any atom is -0.366 e. The molecule has 1 aliphatic carbocycles. The number of hydrogen-bond acceptors (Lipinski definition) is 4. The molecular weight excluding hydrogens is 498 g/mol. The Morgan fingerprint density at radius 3 is 2.18 bits per heavy atom. The SMILES string of the molecule is Cc1cccc(CN(C(=O)CN(c2ccccc2C(N)=O)S(=O)(=O)c2ccc(C(C)(C)C)cc2)C2CC2)c1. The first kappa shape index (κ1) is 27.4. The van der Waals surface area contributed by atoms with Gasteiger partial charge in [-0.15, -0.1) is 0 Å². The molecule has 1 aliphatic rings. The van der Waals surface area contributed by atoms with Crippen LogP contribution in [0.3, 0.4) is 0 Å². The zero-order chi connectivity index (χ0) is 27.7. The van der Waals surface area contributed by atoms with Crippen molar-refractivity contribution in [2.75, 3.05) is 10.8 Å². The van der Waals surface area contributed by atoms with E-state index in [9.17, 15) is 18.0 Å². The molecule has 0 aliphatic heterocycles. The number of sulfonamides is 1. The molecule has 0 heterocycles. The van der Waals surface area contributed by atoms with Gasteiger partial charge in [-0.1, -0.05) is 74.9 Å². The van der Waals surface area contributed by atoms with Crippen LogP contribution in [-0.4, -0.2) is 37.7 Å². The average Bonchev–Trinajstić information content (AvgIpc) is 3.70. The van der Waals surface area contributed by atoms with Crippen molar-refractivity contribution in [3.8, 4) is 0 Å². The van der Waals surface area contributed by atoms with E-state index in [1.807, 2.05) is 52.0 Å². The van der Waals surface area contributed by atoms with Crippen LogP contribution in [0.15, 0.2) is 77.7 Å². The summed E-state index contributed by atoms with van der Waals surface area (Å²) in [4.78, 5) is 27.8. The average molecular weight is 534 g/mol. The molecular formula is C30H35N3O4S. The Morgan fingerprint density at radius 1 is 0.947 bits per heavy atom. The Labute approximate surface area is 225 Å². The van der Waals surface area contributed by atoms with Gasteiger partial charge in [0.1, 0.15) is 6.54 Å². The summed E-state index contributed by atoms with van der Waals surface area (Å²) in [5, 5.41) is 0. The lowest BCUT2D eigenvalue weighted by atomic mass is 9.87. The number of amides is 2. The van der Waals surface area contributed by atoms with E-state index in [4.69, 9.17) is 5.73 Å². The van der Waals surface area contributed by atoms with Crippen LogP contribution in [0.25, 0.3) is 0 Å². The predicted molar refractivity (Wildman–Crippen MR) is 149 cm³/mol. The van der Waals surface area contributed by atoms with Gasteiger partial charge in [-0.2, -0.15) is 0 Å². The minimum atomic E-state index is -4.21. The van der Waals surface area contributed by atoms with Gasteiger partial charge in [-0.3, -0.25) is 13.9 Å². The van der Waals surface area contributed by atoms with E-state index in [2.05, 4.69) is 0 Å². The first-order valence-electron chi connectivity index (χ1n) is 12.7. The van der Waals surface area contributed by atoms with E-state index in [1.54, 1.807) is 41.3 Å². The van der Waals surface area contributed by atoms with Crippen molar-refractivity contribution in [1.82, 2.24) is 4.90 Å². The third-order valence-electron chi connectivity index (χ3n) is 6.77. The molecule has 38 heavy (non-hydrogen) atoms. The number of nitrogens with two attached hydrogens (primary N) is 1. The van der Waals surface area contributed by atoms with Gasteiger partial charge in [0.05, 0.1) is 16.1 Å². The van der Waals surface area contributed by atoms with Crippen LogP contribution in [0.4, 0.5) is 5.69 Å². The quantitative estimate of drug-likeness (QED) is 0.428. The fourth-order valence-corrected chi connectivity index (χ4v) is 5.91. The summed E-state index contributed by atoms with van der Waals surface area (Å²) in [5.74, 6) is -1.10. The second-order valence-corrected chi connectivity index (χ2v) is 12.8. The minimum absolute atomic E-state index is 0.0341. The molecule has 8 heteroatoms. The molecule has 2 amide bonds. The number of hydrogen-bond donors (Lipinski definition) is 1. The maximum Gasteiger partial charge on any atom is 0.264 e. The van der Waals surface area contributed by atoms with Crippen LogP contribution in [0.5, 0.6) is 0 Å². The molecule has 4 rings (SSSR count). The zero-order valence-corrected chi connectivity index (χ0v) is 23.2. The highest BCUT2D eigenvalue weighted by atomic mass is 32.2. The van der Waals surface area contributed by atoms with Crippen LogP contribution < -0.4 is 10.0 Å². The third kappa shape index (κ3) is 6.07. The molecule has 0 spiro atoms. The van der Waals surface area contributed by atoms with Crippen LogP contribution >= 0.6 is 0 Å². The summed E-state index contributed by atoms with van der Waals surface area (Å²) >= 11 is 0. The van der Waals surface area contributed by atoms with Gasteiger partial charge in [0.15, 0.2) is 0 Å². The predicted octanol–water partition coefficient (Wildman–Crippen LogP) is 4.78. The van der Waals surface area contributed by atoms with Crippen LogP contribution in [-0.2, 0) is 26.8 Å². The van der Waals surface area contributed by atoms with E-state index in [-0.39, 0.29) is 33.5 Å². The van der Waals surface area contributed by atoms with Crippen molar-refractivity contribution in [3.63, 3.8) is 0 Å². The smallest absolute Gasteiger partial charge is 0.264 e. The van der Waals surface area contributed by atoms with Gasteiger partial charge in [-0.25, -0.2) is 8.42 Å². The highest BCUT2D eigenvalue weighted by Gasteiger charge is 2.36. The van der Waals surface area contributed by atoms with Crippen molar-refractivity contribution in [1.29, 1.82) is 0 Å². The van der Waals surface area contributed by atoms with Crippen molar-refractivity contribution >= 4 is 27.5 Å². The molecule has 2 N–H and O–H groups in total. The van der Waals surface area contributed by atoms with Gasteiger partial charge in [-0.05, 0) is 60.6 Å². The molecule has 0 saturated heterocycles. The molecule has 7 nitrogen and oxygen atoms in total. The van der Waals surface area contributed by atoms with Gasteiger partial charge in [0.2, 0.25) is 5.91 Å². The Balaban J connectivity index is 1.73. The number of nitrogens with zero attached hydrogens (tertiary/aromatic N) is 2. The number of carbonyl (C=O) groups is 2. The van der Waals surface area contributed by atoms with Gasteiger partial charge >= 0.3 is 0 Å². The van der Waals surface area contributed by atoms with Crippen LogP contribution in [0.2, 0.25) is 0 Å². The second kappa shape index (κ2) is 10.6. The summed E-state index contributed by atoms with van der Waals surface area (Å²) in [7, 11) is -4.21. The standard InChI is InChI=1S/C30H35N3O4S/c1-21-8-7-9-22(18-21)19-32(24-14-15-24)28(34)20-33(27-11-6-5-10-26(27)29(31)35)38(36,37)25-16-12-23(13-17-25)30(2,3)4/h5-13,16-18,24H,14-15,19-20H2,1-4H3,(H2,31,35). The monoisotopic (exact) mass is 533 g/mol. The number of carbonyl (C=O) groups excluding carboxylic acids is 2. The van der Waals surface area contributed by atoms with Gasteiger partial charge in [0.25, 0.3) is 15.9 Å². The Morgan fingerprint density at radius 2 is 1.61 bits per heavy atom. The van der Waals surface area contributed by atoms with E-state index in [0.29, 0.717) is 6.54 Å². The second-order valence-electron chi connectivity index (χ2n) is 10.9. The molecule has 3 aromatic rings. The topological polar surface area (TPSA) is 101 Å². The maximum atomic E-state index is 14.0. The Kier molecular flexibility index (Phi) is 7.65. The lowest BCUT2D eigenvalue weighted by Gasteiger charge is -2.30. The first-order valence-corrected chi connectivity index (χ1v) is 14.2. The van der Waals surface area contributed by atoms with Crippen molar-refractivity contribution in [2.45, 2.75) is 63.4 Å². The number of anilines is 1. The molecule has 200 valence electrons. The number of primary amides is 1. The van der Waals surface area contributed by atoms with Crippen molar-refractivity contribution in [3.05, 3.63) is 95.1 Å². The van der Waals surface area contributed by atoms with Crippen molar-refractivity contribution < 1.29 is 18.0 Å². The summed E-state index contributed by atoms with van der Waals surface area (Å²) in [6.07, 6.45) is 1.74. The van der Waals surface area contributed by atoms with Gasteiger partial charge < -0.3 is 10.6 Å². The fraction of sp³-hybridized carbons (Fsp3) is 0.333. The molecule has 0 radical (unpaired) electrons. The largest absolute Gasteiger partial charge is 0.366 e. The summed E-state index contributed by atoms with van der Waals surface area (Å²) in [5.41, 5.74) is 8.62. The maximum absolute atomic E-state index is 14.0. The summed E-state index contributed by atoms with van der Waals surface area (Å²) < 4.78 is 29.1. The molecule has 0 atom stereocenters. The zero-order valence-electron chi connectivity index (χ0n) is 22.3. The third-order valence-corrected chi connectivity index (χ3v) is 8.54. The molecule has 1 fully saturated rings. The van der Waals surface area contributed by atoms with Crippen LogP contribution in [0, 0.1) is 6.92 Å². The van der Waals surface area contributed by atoms with E-state index < -0.39 is 22.5 Å². The molecule has 1 saturated carbocycles. The van der Waals surface area contributed by atoms with Crippen molar-refractivity contribution in [2.24, 2.45) is 5.73 Å². The summed E-state index contributed by atoms with van der Waals surface area (Å²) in [6, 6.07) is 20.9. The molecule has 0 bridgehead atoms. The number of aryl methyl sites for hydroxylation is 1. The number of benzene rings is 3. The van der Waals surface area contributed by atoms with E-state index in [1.165, 1.54) is 12.1 Å². The lowest BCUT2D eigenvalue weighted by Crippen LogP contribution is -2.44. The summed E-state index contributed by atoms with van der Waals surface area (Å²) in [6.45, 7) is 8.07.